The molecule has 2 heterocycles. The lowest BCUT2D eigenvalue weighted by Gasteiger charge is -2.23. The molecular weight excluding hydrogens is 444 g/mol. The zero-order valence-electron chi connectivity index (χ0n) is 17.0. The van der Waals surface area contributed by atoms with Gasteiger partial charge in [0.15, 0.2) is 0 Å². The maximum atomic E-state index is 8.90. The fraction of sp³-hybridized carbons (Fsp3) is 0.364. The first-order valence-corrected chi connectivity index (χ1v) is 11.0. The second kappa shape index (κ2) is 10.6. The molecule has 3 rings (SSSR count). The van der Waals surface area contributed by atoms with Crippen molar-refractivity contribution in [1.82, 2.24) is 20.1 Å². The molecule has 0 bridgehead atoms. The minimum absolute atomic E-state index is 0.151. The number of halogens is 1. The standard InChI is InChI=1S/C22H27BrN6O/c1-2-15(12-26-8-5-9-30)21(23)22(25)29-20(24)11-18(14-28-29)17-10-16-6-3-4-7-19(16)27-13-17/h3-4,6-7,10-11,13-15,21,24-26,30H,2,5,8-9,12H2,1H3. The number of aliphatic hydroxyl groups is 1. The Kier molecular flexibility index (Phi) is 7.84. The lowest BCUT2D eigenvalue weighted by atomic mass is 10.0. The third-order valence-corrected chi connectivity index (χ3v) is 6.28. The Hall–Kier alpha value is -2.42. The van der Waals surface area contributed by atoms with Crippen LogP contribution < -0.4 is 10.8 Å². The molecule has 2 aromatic heterocycles. The van der Waals surface area contributed by atoms with Crippen molar-refractivity contribution < 1.29 is 5.11 Å². The molecule has 2 unspecified atom stereocenters. The summed E-state index contributed by atoms with van der Waals surface area (Å²) in [5.41, 5.74) is 2.76. The fourth-order valence-corrected chi connectivity index (χ4v) is 4.05. The van der Waals surface area contributed by atoms with E-state index in [0.29, 0.717) is 6.42 Å². The highest BCUT2D eigenvalue weighted by atomic mass is 79.9. The number of para-hydroxylation sites is 1. The molecule has 0 aliphatic carbocycles. The molecule has 8 heteroatoms. The van der Waals surface area contributed by atoms with E-state index < -0.39 is 0 Å². The van der Waals surface area contributed by atoms with Gasteiger partial charge in [0, 0.05) is 29.3 Å². The van der Waals surface area contributed by atoms with Gasteiger partial charge in [-0.3, -0.25) is 15.8 Å². The van der Waals surface area contributed by atoms with E-state index in [9.17, 15) is 0 Å². The topological polar surface area (TPSA) is 111 Å². The highest BCUT2D eigenvalue weighted by Gasteiger charge is 2.23. The Morgan fingerprint density at radius 3 is 2.73 bits per heavy atom. The predicted octanol–water partition coefficient (Wildman–Crippen LogP) is 3.16. The number of hydrogen-bond donors (Lipinski definition) is 4. The van der Waals surface area contributed by atoms with Crippen LogP contribution in [-0.2, 0) is 0 Å². The summed E-state index contributed by atoms with van der Waals surface area (Å²) in [5.74, 6) is 0.410. The molecule has 3 aromatic rings. The van der Waals surface area contributed by atoms with Gasteiger partial charge >= 0.3 is 0 Å². The van der Waals surface area contributed by atoms with Crippen LogP contribution in [0.4, 0.5) is 0 Å². The Balaban J connectivity index is 1.78. The van der Waals surface area contributed by atoms with Crippen molar-refractivity contribution in [1.29, 1.82) is 10.8 Å². The minimum Gasteiger partial charge on any atom is -0.396 e. The lowest BCUT2D eigenvalue weighted by Crippen LogP contribution is -2.40. The minimum atomic E-state index is -0.237. The molecule has 4 N–H and O–H groups in total. The van der Waals surface area contributed by atoms with Crippen LogP contribution in [0.15, 0.2) is 48.8 Å². The average Bonchev–Trinajstić information content (AvgIpc) is 2.78. The third-order valence-electron chi connectivity index (χ3n) is 5.10. The molecule has 0 radical (unpaired) electrons. The van der Waals surface area contributed by atoms with Gasteiger partial charge in [0.1, 0.15) is 11.3 Å². The third kappa shape index (κ3) is 5.19. The van der Waals surface area contributed by atoms with Gasteiger partial charge in [0.05, 0.1) is 16.5 Å². The van der Waals surface area contributed by atoms with E-state index in [1.807, 2.05) is 30.3 Å². The molecule has 0 fully saturated rings. The van der Waals surface area contributed by atoms with Crippen molar-refractivity contribution in [3.63, 3.8) is 0 Å². The molecule has 158 valence electrons. The Morgan fingerprint density at radius 1 is 1.23 bits per heavy atom. The van der Waals surface area contributed by atoms with Crippen molar-refractivity contribution in [2.45, 2.75) is 24.6 Å². The summed E-state index contributed by atoms with van der Waals surface area (Å²) < 4.78 is 1.35. The van der Waals surface area contributed by atoms with Crippen molar-refractivity contribution in [3.05, 3.63) is 54.3 Å². The van der Waals surface area contributed by atoms with Gasteiger partial charge in [-0.1, -0.05) is 47.5 Å². The van der Waals surface area contributed by atoms with Crippen LogP contribution in [0.1, 0.15) is 19.8 Å². The summed E-state index contributed by atoms with van der Waals surface area (Å²) in [4.78, 5) is 4.24. The lowest BCUT2D eigenvalue weighted by molar-refractivity contribution is 0.284. The SMILES string of the molecule is CCC(CNCCCO)C(Br)C(=N)n1ncc(-c2cnc3ccccc3c2)cc1=N. The van der Waals surface area contributed by atoms with Crippen molar-refractivity contribution >= 4 is 32.7 Å². The van der Waals surface area contributed by atoms with Crippen LogP contribution in [0, 0.1) is 16.7 Å². The number of rotatable bonds is 9. The first-order valence-electron chi connectivity index (χ1n) is 10.1. The smallest absolute Gasteiger partial charge is 0.148 e. The van der Waals surface area contributed by atoms with E-state index in [1.54, 1.807) is 18.5 Å². The average molecular weight is 471 g/mol. The van der Waals surface area contributed by atoms with E-state index in [-0.39, 0.29) is 28.7 Å². The second-order valence-corrected chi connectivity index (χ2v) is 8.18. The molecule has 1 aromatic carbocycles. The van der Waals surface area contributed by atoms with Gasteiger partial charge < -0.3 is 10.4 Å². The van der Waals surface area contributed by atoms with Gasteiger partial charge in [-0.25, -0.2) is 4.68 Å². The van der Waals surface area contributed by atoms with Crippen LogP contribution in [0.25, 0.3) is 22.0 Å². The molecule has 2 atom stereocenters. The van der Waals surface area contributed by atoms with E-state index in [0.717, 1.165) is 41.5 Å². The second-order valence-electron chi connectivity index (χ2n) is 7.19. The summed E-state index contributed by atoms with van der Waals surface area (Å²) in [7, 11) is 0. The van der Waals surface area contributed by atoms with Crippen molar-refractivity contribution in [2.24, 2.45) is 5.92 Å². The maximum Gasteiger partial charge on any atom is 0.148 e. The van der Waals surface area contributed by atoms with E-state index in [2.05, 4.69) is 38.3 Å². The number of fused-ring (bicyclic) bond motifs is 1. The summed E-state index contributed by atoms with van der Waals surface area (Å²) in [6, 6.07) is 11.7. The van der Waals surface area contributed by atoms with Crippen LogP contribution in [0.3, 0.4) is 0 Å². The molecule has 0 aliphatic rings. The monoisotopic (exact) mass is 470 g/mol. The molecular formula is C22H27BrN6O. The molecule has 0 spiro atoms. The van der Waals surface area contributed by atoms with Crippen LogP contribution in [-0.4, -0.2) is 50.2 Å². The largest absolute Gasteiger partial charge is 0.396 e. The summed E-state index contributed by atoms with van der Waals surface area (Å²) in [6.07, 6.45) is 5.05. The summed E-state index contributed by atoms with van der Waals surface area (Å²) in [6.45, 7) is 3.71. The predicted molar refractivity (Wildman–Crippen MR) is 123 cm³/mol. The number of alkyl halides is 1. The maximum absolute atomic E-state index is 8.90. The number of nitrogens with zero attached hydrogens (tertiary/aromatic N) is 3. The number of aliphatic hydroxyl groups excluding tert-OH is 1. The number of hydrogen-bond acceptors (Lipinski definition) is 6. The molecule has 0 aliphatic heterocycles. The van der Waals surface area contributed by atoms with Gasteiger partial charge in [-0.2, -0.15) is 5.10 Å². The zero-order chi connectivity index (χ0) is 21.5. The zero-order valence-corrected chi connectivity index (χ0v) is 18.6. The van der Waals surface area contributed by atoms with E-state index in [4.69, 9.17) is 15.9 Å². The van der Waals surface area contributed by atoms with Gasteiger partial charge in [0.2, 0.25) is 0 Å². The number of benzene rings is 1. The molecule has 0 amide bonds. The Labute approximate surface area is 184 Å². The highest BCUT2D eigenvalue weighted by molar-refractivity contribution is 9.10. The summed E-state index contributed by atoms with van der Waals surface area (Å²) >= 11 is 3.63. The van der Waals surface area contributed by atoms with Gasteiger partial charge in [-0.15, -0.1) is 0 Å². The Bertz CT molecular complexity index is 1070. The first kappa shape index (κ1) is 22.3. The van der Waals surface area contributed by atoms with Gasteiger partial charge in [-0.05, 0) is 43.6 Å². The number of aromatic nitrogens is 3. The van der Waals surface area contributed by atoms with Gasteiger partial charge in [0.25, 0.3) is 0 Å². The normalized spacial score (nSPS) is 13.3. The van der Waals surface area contributed by atoms with Crippen LogP contribution >= 0.6 is 15.9 Å². The van der Waals surface area contributed by atoms with E-state index in [1.165, 1.54) is 4.68 Å². The fourth-order valence-electron chi connectivity index (χ4n) is 3.29. The Morgan fingerprint density at radius 2 is 2.00 bits per heavy atom. The summed E-state index contributed by atoms with van der Waals surface area (Å²) in [5, 5.41) is 34.6. The molecule has 0 saturated carbocycles. The first-order chi connectivity index (χ1) is 14.5. The van der Waals surface area contributed by atoms with E-state index >= 15 is 0 Å². The van der Waals surface area contributed by atoms with Crippen LogP contribution in [0.5, 0.6) is 0 Å². The highest BCUT2D eigenvalue weighted by Crippen LogP contribution is 2.21. The van der Waals surface area contributed by atoms with Crippen molar-refractivity contribution in [2.75, 3.05) is 19.7 Å². The molecule has 0 saturated heterocycles. The quantitative estimate of drug-likeness (QED) is 0.166. The number of pyridine rings is 1. The number of nitrogens with one attached hydrogen (secondary N) is 3. The molecule has 30 heavy (non-hydrogen) atoms. The van der Waals surface area contributed by atoms with Crippen molar-refractivity contribution in [3.8, 4) is 11.1 Å². The van der Waals surface area contributed by atoms with Crippen LogP contribution in [0.2, 0.25) is 0 Å². The molecule has 7 nitrogen and oxygen atoms in total.